The number of hydrogen-bond donors (Lipinski definition) is 4. The van der Waals surface area contributed by atoms with Crippen LogP contribution in [-0.2, 0) is 17.6 Å². The summed E-state index contributed by atoms with van der Waals surface area (Å²) in [5.74, 6) is -3.57. The molecule has 6 N–H and O–H groups in total. The van der Waals surface area contributed by atoms with Crippen LogP contribution in [0.5, 0.6) is 0 Å². The van der Waals surface area contributed by atoms with Gasteiger partial charge in [-0.15, -0.1) is 0 Å². The Balaban J connectivity index is 1.58. The lowest BCUT2D eigenvalue weighted by Crippen LogP contribution is -2.77. The number of aryl methyl sites for hydroxylation is 2. The van der Waals surface area contributed by atoms with Crippen molar-refractivity contribution in [3.05, 3.63) is 70.8 Å². The Labute approximate surface area is 241 Å². The van der Waals surface area contributed by atoms with Gasteiger partial charge in [0, 0.05) is 19.0 Å². The van der Waals surface area contributed by atoms with E-state index < -0.39 is 17.4 Å². The lowest BCUT2D eigenvalue weighted by Gasteiger charge is -2.50. The van der Waals surface area contributed by atoms with Gasteiger partial charge in [0.1, 0.15) is 5.66 Å². The second-order valence-corrected chi connectivity index (χ2v) is 12.7. The number of hydrogen-bond acceptors (Lipinski definition) is 5. The van der Waals surface area contributed by atoms with E-state index in [4.69, 9.17) is 11.5 Å². The first kappa shape index (κ1) is 30.7. The Morgan fingerprint density at radius 3 is 1.50 bits per heavy atom. The van der Waals surface area contributed by atoms with Crippen LogP contribution in [0, 0.1) is 31.6 Å². The topological polar surface area (TPSA) is 113 Å². The van der Waals surface area contributed by atoms with Crippen molar-refractivity contribution in [2.75, 3.05) is 13.1 Å². The maximum Gasteiger partial charge on any atom is 0.286 e. The van der Waals surface area contributed by atoms with E-state index in [-0.39, 0.29) is 17.8 Å². The minimum absolute atomic E-state index is 0.201. The van der Waals surface area contributed by atoms with Gasteiger partial charge in [0.25, 0.3) is 11.7 Å². The molecule has 0 aliphatic heterocycles. The van der Waals surface area contributed by atoms with E-state index in [1.807, 2.05) is 13.8 Å². The molecule has 0 bridgehead atoms. The molecule has 2 fully saturated rings. The number of nitrogens with two attached hydrogens (primary N) is 2. The van der Waals surface area contributed by atoms with Crippen molar-refractivity contribution < 1.29 is 15.0 Å². The minimum Gasteiger partial charge on any atom is -0.356 e. The average Bonchev–Trinajstić information content (AvgIpc) is 2.95. The lowest BCUT2D eigenvalue weighted by atomic mass is 9.63. The fraction of sp³-hybridized carbons (Fsp3) is 0.618. The molecule has 0 aromatic heterocycles. The molecule has 2 aliphatic rings. The third-order valence-electron chi connectivity index (χ3n) is 9.64. The highest BCUT2D eigenvalue weighted by molar-refractivity contribution is 5.85. The van der Waals surface area contributed by atoms with Gasteiger partial charge in [0.15, 0.2) is 0 Å². The highest BCUT2D eigenvalue weighted by atomic mass is 16.5. The van der Waals surface area contributed by atoms with Crippen molar-refractivity contribution in [2.45, 2.75) is 102 Å². The zero-order valence-electron chi connectivity index (χ0n) is 24.7. The second-order valence-electron chi connectivity index (χ2n) is 12.7. The third kappa shape index (κ3) is 7.33. The summed E-state index contributed by atoms with van der Waals surface area (Å²) in [6.45, 7) is 4.79. The standard InChI is InChI=1S/C34H51N3O3/c1-25-13-17-27(18-14-25)21-23-37(24-22-28-19-15-26(2)16-20-28)32(38)34(39,40)33(35,36)31(29-9-5-3-6-10-29)30-11-7-4-8-12-30/h13-20,29-31,39-40H,3-12,21-24,35-36H2,1-2H3. The van der Waals surface area contributed by atoms with Crippen LogP contribution >= 0.6 is 0 Å². The summed E-state index contributed by atoms with van der Waals surface area (Å²) in [4.78, 5) is 15.7. The van der Waals surface area contributed by atoms with Crippen molar-refractivity contribution in [3.63, 3.8) is 0 Å². The quantitative estimate of drug-likeness (QED) is 0.295. The summed E-state index contributed by atoms with van der Waals surface area (Å²) in [6.07, 6.45) is 11.9. The van der Waals surface area contributed by atoms with Gasteiger partial charge < -0.3 is 26.6 Å². The number of carbonyl (C=O) groups is 1. The van der Waals surface area contributed by atoms with Crippen LogP contribution in [0.25, 0.3) is 0 Å². The Bertz CT molecular complexity index is 1000. The maximum absolute atomic E-state index is 14.1. The predicted octanol–water partition coefficient (Wildman–Crippen LogP) is 4.99. The number of amides is 1. The van der Waals surface area contributed by atoms with Crippen LogP contribution in [-0.4, -0.2) is 45.6 Å². The molecule has 6 nitrogen and oxygen atoms in total. The van der Waals surface area contributed by atoms with Crippen molar-refractivity contribution in [2.24, 2.45) is 29.2 Å². The smallest absolute Gasteiger partial charge is 0.286 e. The molecule has 6 heteroatoms. The third-order valence-corrected chi connectivity index (χ3v) is 9.64. The summed E-state index contributed by atoms with van der Waals surface area (Å²) < 4.78 is 0. The molecule has 0 spiro atoms. The first-order valence-electron chi connectivity index (χ1n) is 15.5. The molecule has 2 aromatic rings. The van der Waals surface area contributed by atoms with Crippen LogP contribution in [0.2, 0.25) is 0 Å². The number of benzene rings is 2. The number of carbonyl (C=O) groups excluding carboxylic acids is 1. The van der Waals surface area contributed by atoms with Crippen LogP contribution in [0.1, 0.15) is 86.5 Å². The molecule has 0 saturated heterocycles. The maximum atomic E-state index is 14.1. The molecule has 220 valence electrons. The number of nitrogens with zero attached hydrogens (tertiary/aromatic N) is 1. The molecule has 0 atom stereocenters. The zero-order chi connectivity index (χ0) is 28.8. The van der Waals surface area contributed by atoms with E-state index in [1.165, 1.54) is 24.0 Å². The number of aliphatic hydroxyl groups is 2. The van der Waals surface area contributed by atoms with Gasteiger partial charge in [-0.2, -0.15) is 0 Å². The van der Waals surface area contributed by atoms with E-state index in [2.05, 4.69) is 48.5 Å². The van der Waals surface area contributed by atoms with Gasteiger partial charge in [-0.3, -0.25) is 4.79 Å². The SMILES string of the molecule is Cc1ccc(CCN(CCc2ccc(C)cc2)C(=O)C(O)(O)C(N)(N)C(C2CCCCC2)C2CCCCC2)cc1. The van der Waals surface area contributed by atoms with Gasteiger partial charge in [-0.25, -0.2) is 0 Å². The van der Waals surface area contributed by atoms with Crippen molar-refractivity contribution >= 4 is 5.91 Å². The van der Waals surface area contributed by atoms with Gasteiger partial charge in [-0.05, 0) is 49.7 Å². The van der Waals surface area contributed by atoms with Crippen molar-refractivity contribution in [1.82, 2.24) is 4.90 Å². The Morgan fingerprint density at radius 2 is 1.12 bits per heavy atom. The van der Waals surface area contributed by atoms with Crippen molar-refractivity contribution in [1.29, 1.82) is 0 Å². The van der Waals surface area contributed by atoms with Gasteiger partial charge in [0.05, 0.1) is 0 Å². The molecule has 2 aromatic carbocycles. The molecule has 1 amide bonds. The van der Waals surface area contributed by atoms with Crippen LogP contribution < -0.4 is 11.5 Å². The molecule has 0 heterocycles. The fourth-order valence-electron chi connectivity index (χ4n) is 7.14. The number of rotatable bonds is 11. The zero-order valence-corrected chi connectivity index (χ0v) is 24.7. The van der Waals surface area contributed by atoms with Crippen LogP contribution in [0.3, 0.4) is 0 Å². The van der Waals surface area contributed by atoms with Crippen LogP contribution in [0.15, 0.2) is 48.5 Å². The summed E-state index contributed by atoms with van der Waals surface area (Å²) in [6, 6.07) is 16.4. The summed E-state index contributed by atoms with van der Waals surface area (Å²) in [5, 5.41) is 23.4. The largest absolute Gasteiger partial charge is 0.356 e. The summed E-state index contributed by atoms with van der Waals surface area (Å²) >= 11 is 0. The molecule has 2 saturated carbocycles. The molecule has 0 radical (unpaired) electrons. The molecule has 2 aliphatic carbocycles. The van der Waals surface area contributed by atoms with Gasteiger partial charge in [0.2, 0.25) is 0 Å². The first-order chi connectivity index (χ1) is 19.1. The molecule has 40 heavy (non-hydrogen) atoms. The molecule has 0 unspecified atom stereocenters. The van der Waals surface area contributed by atoms with Gasteiger partial charge >= 0.3 is 0 Å². The highest BCUT2D eigenvalue weighted by Gasteiger charge is 2.59. The van der Waals surface area contributed by atoms with Crippen LogP contribution in [0.4, 0.5) is 0 Å². The van der Waals surface area contributed by atoms with Crippen molar-refractivity contribution in [3.8, 4) is 0 Å². The van der Waals surface area contributed by atoms with Gasteiger partial charge in [-0.1, -0.05) is 124 Å². The van der Waals surface area contributed by atoms with E-state index in [1.54, 1.807) is 4.90 Å². The Kier molecular flexibility index (Phi) is 10.4. The molecular formula is C34H51N3O3. The lowest BCUT2D eigenvalue weighted by molar-refractivity contribution is -0.236. The van der Waals surface area contributed by atoms with E-state index in [9.17, 15) is 15.0 Å². The minimum atomic E-state index is -2.87. The fourth-order valence-corrected chi connectivity index (χ4v) is 7.14. The predicted molar refractivity (Wildman–Crippen MR) is 161 cm³/mol. The molecular weight excluding hydrogens is 498 g/mol. The van der Waals surface area contributed by atoms with E-state index in [0.717, 1.165) is 62.5 Å². The first-order valence-corrected chi connectivity index (χ1v) is 15.5. The monoisotopic (exact) mass is 549 g/mol. The summed E-state index contributed by atoms with van der Waals surface area (Å²) in [5.41, 5.74) is 16.2. The Morgan fingerprint density at radius 1 is 0.750 bits per heavy atom. The summed E-state index contributed by atoms with van der Waals surface area (Å²) in [7, 11) is 0. The van der Waals surface area contributed by atoms with E-state index in [0.29, 0.717) is 25.9 Å². The average molecular weight is 550 g/mol. The van der Waals surface area contributed by atoms with E-state index >= 15 is 0 Å². The second kappa shape index (κ2) is 13.6. The highest BCUT2D eigenvalue weighted by Crippen LogP contribution is 2.45. The Hall–Kier alpha value is -2.25. The normalized spacial score (nSPS) is 17.8. The molecule has 4 rings (SSSR count).